The molecule has 158 valence electrons. The first-order valence-electron chi connectivity index (χ1n) is 10.9. The zero-order valence-electron chi connectivity index (χ0n) is 17.8. The standard InChI is InChI=1S/C26H24N6/c27-18-21-10-12-23(13-11-21)25(31-16-15-22-8-4-5-9-24(22)19-31)26-28-29-30-32(26)17-14-20-6-2-1-3-7-20/h1-13,25H,14-17,19H2/t25-/m1/s1. The molecule has 0 unspecified atom stereocenters. The van der Waals surface area contributed by atoms with Crippen LogP contribution in [0.5, 0.6) is 0 Å². The zero-order valence-corrected chi connectivity index (χ0v) is 17.8. The van der Waals surface area contributed by atoms with Gasteiger partial charge in [-0.05, 0) is 57.7 Å². The molecular formula is C26H24N6. The van der Waals surface area contributed by atoms with Gasteiger partial charge in [0.05, 0.1) is 17.7 Å². The number of tetrazole rings is 1. The Balaban J connectivity index is 1.48. The monoisotopic (exact) mass is 420 g/mol. The van der Waals surface area contributed by atoms with Crippen molar-refractivity contribution in [3.8, 4) is 6.07 Å². The highest BCUT2D eigenvalue weighted by molar-refractivity contribution is 5.36. The largest absolute Gasteiger partial charge is 0.285 e. The van der Waals surface area contributed by atoms with Gasteiger partial charge in [0, 0.05) is 19.6 Å². The van der Waals surface area contributed by atoms with E-state index in [0.717, 1.165) is 37.3 Å². The second-order valence-corrected chi connectivity index (χ2v) is 8.12. The summed E-state index contributed by atoms with van der Waals surface area (Å²) in [7, 11) is 0. The summed E-state index contributed by atoms with van der Waals surface area (Å²) in [5.41, 5.74) is 5.77. The Labute approximate surface area is 187 Å². The number of nitrogens with zero attached hydrogens (tertiary/aromatic N) is 6. The molecule has 0 spiro atoms. The van der Waals surface area contributed by atoms with E-state index in [4.69, 9.17) is 0 Å². The Bertz CT molecular complexity index is 1220. The Hall–Kier alpha value is -3.82. The van der Waals surface area contributed by atoms with Gasteiger partial charge in [-0.1, -0.05) is 66.7 Å². The minimum atomic E-state index is -0.0816. The van der Waals surface area contributed by atoms with Crippen LogP contribution in [-0.2, 0) is 25.9 Å². The number of fused-ring (bicyclic) bond motifs is 1. The predicted octanol–water partition coefficient (Wildman–Crippen LogP) is 3.94. The van der Waals surface area contributed by atoms with Crippen LogP contribution in [0.4, 0.5) is 0 Å². The summed E-state index contributed by atoms with van der Waals surface area (Å²) in [4.78, 5) is 2.44. The summed E-state index contributed by atoms with van der Waals surface area (Å²) in [5.74, 6) is 0.838. The summed E-state index contributed by atoms with van der Waals surface area (Å²) < 4.78 is 1.93. The predicted molar refractivity (Wildman–Crippen MR) is 122 cm³/mol. The molecule has 0 saturated heterocycles. The van der Waals surface area contributed by atoms with E-state index in [-0.39, 0.29) is 6.04 Å². The first-order valence-corrected chi connectivity index (χ1v) is 10.9. The third-order valence-corrected chi connectivity index (χ3v) is 6.14. The summed E-state index contributed by atoms with van der Waals surface area (Å²) in [6.45, 7) is 2.48. The van der Waals surface area contributed by atoms with E-state index in [1.165, 1.54) is 16.7 Å². The maximum Gasteiger partial charge on any atom is 0.173 e. The van der Waals surface area contributed by atoms with Gasteiger partial charge < -0.3 is 0 Å². The third kappa shape index (κ3) is 4.16. The molecule has 0 amide bonds. The van der Waals surface area contributed by atoms with E-state index in [2.05, 4.69) is 75.0 Å². The van der Waals surface area contributed by atoms with Crippen molar-refractivity contribution in [2.75, 3.05) is 6.54 Å². The molecule has 0 aliphatic carbocycles. The molecule has 0 bridgehead atoms. The van der Waals surface area contributed by atoms with Crippen molar-refractivity contribution >= 4 is 0 Å². The molecule has 32 heavy (non-hydrogen) atoms. The van der Waals surface area contributed by atoms with Crippen molar-refractivity contribution in [2.45, 2.75) is 32.0 Å². The number of nitriles is 1. The lowest BCUT2D eigenvalue weighted by atomic mass is 9.95. The number of hydrogen-bond acceptors (Lipinski definition) is 5. The van der Waals surface area contributed by atoms with Gasteiger partial charge in [-0.2, -0.15) is 5.26 Å². The second-order valence-electron chi connectivity index (χ2n) is 8.12. The molecule has 3 aromatic carbocycles. The Morgan fingerprint density at radius 3 is 2.44 bits per heavy atom. The molecule has 1 aliphatic rings. The molecule has 1 aromatic heterocycles. The third-order valence-electron chi connectivity index (χ3n) is 6.14. The minimum absolute atomic E-state index is 0.0816. The Morgan fingerprint density at radius 1 is 0.906 bits per heavy atom. The van der Waals surface area contributed by atoms with Crippen LogP contribution < -0.4 is 0 Å². The van der Waals surface area contributed by atoms with Gasteiger partial charge in [0.25, 0.3) is 0 Å². The average Bonchev–Trinajstić information content (AvgIpc) is 3.32. The summed E-state index contributed by atoms with van der Waals surface area (Å²) in [6, 6.07) is 29.0. The topological polar surface area (TPSA) is 70.6 Å². The molecule has 5 rings (SSSR count). The molecule has 1 atom stereocenters. The lowest BCUT2D eigenvalue weighted by Gasteiger charge is -2.35. The van der Waals surface area contributed by atoms with Crippen LogP contribution in [0.2, 0.25) is 0 Å². The SMILES string of the molecule is N#Cc1ccc([C@H](c2nnnn2CCc2ccccc2)N2CCc3ccccc3C2)cc1. The smallest absolute Gasteiger partial charge is 0.173 e. The highest BCUT2D eigenvalue weighted by Crippen LogP contribution is 2.32. The summed E-state index contributed by atoms with van der Waals surface area (Å²) in [5, 5.41) is 22.1. The van der Waals surface area contributed by atoms with E-state index < -0.39 is 0 Å². The highest BCUT2D eigenvalue weighted by Gasteiger charge is 2.30. The fourth-order valence-electron chi connectivity index (χ4n) is 4.45. The molecule has 2 heterocycles. The first kappa shape index (κ1) is 20.1. The minimum Gasteiger partial charge on any atom is -0.285 e. The summed E-state index contributed by atoms with van der Waals surface area (Å²) in [6.07, 6.45) is 1.86. The van der Waals surface area contributed by atoms with Crippen LogP contribution in [0.3, 0.4) is 0 Å². The fourth-order valence-corrected chi connectivity index (χ4v) is 4.45. The number of hydrogen-bond donors (Lipinski definition) is 0. The molecular weight excluding hydrogens is 396 g/mol. The fraction of sp³-hybridized carbons (Fsp3) is 0.231. The van der Waals surface area contributed by atoms with Crippen molar-refractivity contribution in [1.29, 1.82) is 5.26 Å². The van der Waals surface area contributed by atoms with E-state index in [1.54, 1.807) is 0 Å². The first-order chi connectivity index (χ1) is 15.8. The average molecular weight is 421 g/mol. The van der Waals surface area contributed by atoms with E-state index in [0.29, 0.717) is 12.1 Å². The number of rotatable bonds is 6. The van der Waals surface area contributed by atoms with Crippen LogP contribution in [0.1, 0.15) is 39.7 Å². The molecule has 4 aromatic rings. The van der Waals surface area contributed by atoms with Crippen molar-refractivity contribution in [3.05, 3.63) is 113 Å². The Kier molecular flexibility index (Phi) is 5.73. The zero-order chi connectivity index (χ0) is 21.8. The number of aryl methyl sites for hydroxylation is 2. The van der Waals surface area contributed by atoms with Gasteiger partial charge in [0.1, 0.15) is 0 Å². The molecule has 0 fully saturated rings. The molecule has 0 saturated carbocycles. The lowest BCUT2D eigenvalue weighted by molar-refractivity contribution is 0.194. The lowest BCUT2D eigenvalue weighted by Crippen LogP contribution is -2.36. The van der Waals surface area contributed by atoms with Crippen molar-refractivity contribution < 1.29 is 0 Å². The van der Waals surface area contributed by atoms with Gasteiger partial charge in [0.2, 0.25) is 0 Å². The van der Waals surface area contributed by atoms with Gasteiger partial charge >= 0.3 is 0 Å². The van der Waals surface area contributed by atoms with Crippen molar-refractivity contribution in [3.63, 3.8) is 0 Å². The van der Waals surface area contributed by atoms with Crippen LogP contribution in [0.25, 0.3) is 0 Å². The Morgan fingerprint density at radius 2 is 1.66 bits per heavy atom. The van der Waals surface area contributed by atoms with E-state index >= 15 is 0 Å². The maximum atomic E-state index is 9.23. The van der Waals surface area contributed by atoms with Crippen molar-refractivity contribution in [2.24, 2.45) is 0 Å². The van der Waals surface area contributed by atoms with Crippen LogP contribution >= 0.6 is 0 Å². The van der Waals surface area contributed by atoms with Gasteiger partial charge in [-0.3, -0.25) is 4.90 Å². The van der Waals surface area contributed by atoms with Crippen LogP contribution in [0.15, 0.2) is 78.9 Å². The maximum absolute atomic E-state index is 9.23. The van der Waals surface area contributed by atoms with E-state index in [1.807, 2.05) is 35.0 Å². The highest BCUT2D eigenvalue weighted by atomic mass is 15.5. The van der Waals surface area contributed by atoms with Crippen LogP contribution in [-0.4, -0.2) is 31.7 Å². The van der Waals surface area contributed by atoms with Crippen LogP contribution in [0, 0.1) is 11.3 Å². The van der Waals surface area contributed by atoms with Crippen molar-refractivity contribution in [1.82, 2.24) is 25.1 Å². The normalized spacial score (nSPS) is 14.5. The number of aromatic nitrogens is 4. The molecule has 0 radical (unpaired) electrons. The number of benzene rings is 3. The van der Waals surface area contributed by atoms with Gasteiger partial charge in [-0.25, -0.2) is 4.68 Å². The molecule has 1 aliphatic heterocycles. The molecule has 0 N–H and O–H groups in total. The van der Waals surface area contributed by atoms with Gasteiger partial charge in [-0.15, -0.1) is 5.10 Å². The van der Waals surface area contributed by atoms with E-state index in [9.17, 15) is 5.26 Å². The molecule has 6 heteroatoms. The quantitative estimate of drug-likeness (QED) is 0.473. The van der Waals surface area contributed by atoms with Gasteiger partial charge in [0.15, 0.2) is 5.82 Å². The summed E-state index contributed by atoms with van der Waals surface area (Å²) >= 11 is 0. The molecule has 6 nitrogen and oxygen atoms in total. The second kappa shape index (κ2) is 9.13.